The van der Waals surface area contributed by atoms with Crippen LogP contribution in [0.15, 0.2) is 12.1 Å². The molecule has 0 atom stereocenters. The SMILES string of the molecule is CNC(=O)N[C@H]1CC[C@H](CCN2CCN(c3ccc(O)c(Cl)c3Cl)CC2)CC1. The Balaban J connectivity index is 1.39. The molecule has 8 heteroatoms. The summed E-state index contributed by atoms with van der Waals surface area (Å²) in [5.74, 6) is 0.778. The fourth-order valence-corrected chi connectivity index (χ4v) is 4.64. The van der Waals surface area contributed by atoms with E-state index >= 15 is 0 Å². The zero-order valence-corrected chi connectivity index (χ0v) is 17.9. The van der Waals surface area contributed by atoms with Crippen LogP contribution in [0.1, 0.15) is 32.1 Å². The van der Waals surface area contributed by atoms with Gasteiger partial charge in [0.1, 0.15) is 10.8 Å². The molecular weight excluding hydrogens is 399 g/mol. The second-order valence-electron chi connectivity index (χ2n) is 7.79. The van der Waals surface area contributed by atoms with Crippen molar-refractivity contribution in [3.05, 3.63) is 22.2 Å². The molecule has 1 aliphatic heterocycles. The van der Waals surface area contributed by atoms with Crippen LogP contribution in [0.4, 0.5) is 10.5 Å². The van der Waals surface area contributed by atoms with Gasteiger partial charge in [0, 0.05) is 39.3 Å². The van der Waals surface area contributed by atoms with Crippen molar-refractivity contribution >= 4 is 34.9 Å². The lowest BCUT2D eigenvalue weighted by molar-refractivity contribution is 0.206. The molecule has 3 rings (SSSR count). The number of aromatic hydroxyl groups is 1. The van der Waals surface area contributed by atoms with Gasteiger partial charge in [-0.3, -0.25) is 4.90 Å². The number of hydrogen-bond acceptors (Lipinski definition) is 4. The Morgan fingerprint density at radius 1 is 1.11 bits per heavy atom. The Kier molecular flexibility index (Phi) is 7.55. The number of amides is 2. The van der Waals surface area contributed by atoms with E-state index in [1.165, 1.54) is 19.3 Å². The summed E-state index contributed by atoms with van der Waals surface area (Å²) in [7, 11) is 1.66. The van der Waals surface area contributed by atoms with Crippen molar-refractivity contribution in [2.45, 2.75) is 38.1 Å². The number of urea groups is 1. The van der Waals surface area contributed by atoms with Gasteiger partial charge >= 0.3 is 6.03 Å². The first kappa shape index (κ1) is 21.3. The third-order valence-electron chi connectivity index (χ3n) is 6.02. The fourth-order valence-electron chi connectivity index (χ4n) is 4.20. The van der Waals surface area contributed by atoms with Gasteiger partial charge < -0.3 is 20.6 Å². The molecule has 28 heavy (non-hydrogen) atoms. The van der Waals surface area contributed by atoms with Crippen molar-refractivity contribution < 1.29 is 9.90 Å². The van der Waals surface area contributed by atoms with Gasteiger partial charge in [0.05, 0.1) is 10.7 Å². The highest BCUT2D eigenvalue weighted by Crippen LogP contribution is 2.38. The molecule has 0 aromatic heterocycles. The van der Waals surface area contributed by atoms with E-state index in [1.54, 1.807) is 13.1 Å². The van der Waals surface area contributed by atoms with E-state index in [1.807, 2.05) is 6.07 Å². The average Bonchev–Trinajstić information content (AvgIpc) is 2.72. The fraction of sp³-hybridized carbons (Fsp3) is 0.650. The highest BCUT2D eigenvalue weighted by Gasteiger charge is 2.24. The van der Waals surface area contributed by atoms with Crippen molar-refractivity contribution in [1.29, 1.82) is 0 Å². The molecule has 1 aromatic rings. The van der Waals surface area contributed by atoms with Crippen LogP contribution in [0, 0.1) is 5.92 Å². The van der Waals surface area contributed by atoms with E-state index in [4.69, 9.17) is 23.2 Å². The van der Waals surface area contributed by atoms with Gasteiger partial charge in [-0.2, -0.15) is 0 Å². The van der Waals surface area contributed by atoms with Crippen molar-refractivity contribution in [2.24, 2.45) is 5.92 Å². The number of phenols is 1. The van der Waals surface area contributed by atoms with E-state index < -0.39 is 0 Å². The molecule has 0 radical (unpaired) electrons. The molecule has 1 heterocycles. The Morgan fingerprint density at radius 2 is 1.79 bits per heavy atom. The Bertz CT molecular complexity index is 672. The molecule has 1 aromatic carbocycles. The third kappa shape index (κ3) is 5.37. The largest absolute Gasteiger partial charge is 0.506 e. The van der Waals surface area contributed by atoms with Crippen molar-refractivity contribution in [3.8, 4) is 5.75 Å². The molecule has 2 fully saturated rings. The lowest BCUT2D eigenvalue weighted by Gasteiger charge is -2.37. The Hall–Kier alpha value is -1.37. The lowest BCUT2D eigenvalue weighted by atomic mass is 9.84. The number of benzene rings is 1. The lowest BCUT2D eigenvalue weighted by Crippen LogP contribution is -2.47. The summed E-state index contributed by atoms with van der Waals surface area (Å²) < 4.78 is 0. The predicted molar refractivity (Wildman–Crippen MR) is 115 cm³/mol. The number of carbonyl (C=O) groups is 1. The summed E-state index contributed by atoms with van der Waals surface area (Å²) in [5, 5.41) is 16.0. The number of piperazine rings is 1. The van der Waals surface area contributed by atoms with Gasteiger partial charge in [-0.25, -0.2) is 4.79 Å². The molecule has 2 amide bonds. The number of phenolic OH excluding ortho intramolecular Hbond substituents is 1. The minimum Gasteiger partial charge on any atom is -0.506 e. The summed E-state index contributed by atoms with van der Waals surface area (Å²) in [6.45, 7) is 4.94. The van der Waals surface area contributed by atoms with Crippen LogP contribution in [-0.2, 0) is 0 Å². The molecule has 2 aliphatic rings. The van der Waals surface area contributed by atoms with E-state index in [9.17, 15) is 9.90 Å². The molecule has 1 saturated carbocycles. The number of halogens is 2. The van der Waals surface area contributed by atoms with Gasteiger partial charge in [0.15, 0.2) is 0 Å². The number of nitrogens with one attached hydrogen (secondary N) is 2. The van der Waals surface area contributed by atoms with Gasteiger partial charge in [0.25, 0.3) is 0 Å². The van der Waals surface area contributed by atoms with E-state index in [-0.39, 0.29) is 16.8 Å². The number of anilines is 1. The standard InChI is InChI=1S/C20H30Cl2N4O2/c1-23-20(28)24-15-4-2-14(3-5-15)8-9-25-10-12-26(13-11-25)16-6-7-17(27)19(22)18(16)21/h6-7,14-15,27H,2-5,8-13H2,1H3,(H2,23,24,28)/t14-,15-. The number of nitrogens with zero attached hydrogens (tertiary/aromatic N) is 2. The summed E-state index contributed by atoms with van der Waals surface area (Å²) in [5.41, 5.74) is 0.894. The Morgan fingerprint density at radius 3 is 2.43 bits per heavy atom. The molecule has 1 saturated heterocycles. The summed E-state index contributed by atoms with van der Waals surface area (Å²) >= 11 is 12.4. The van der Waals surface area contributed by atoms with Crippen LogP contribution in [-0.4, -0.2) is 61.9 Å². The minimum atomic E-state index is -0.0728. The van der Waals surface area contributed by atoms with E-state index in [0.29, 0.717) is 11.1 Å². The van der Waals surface area contributed by atoms with Gasteiger partial charge in [-0.15, -0.1) is 0 Å². The minimum absolute atomic E-state index is 0.0225. The van der Waals surface area contributed by atoms with Crippen molar-refractivity contribution in [1.82, 2.24) is 15.5 Å². The summed E-state index contributed by atoms with van der Waals surface area (Å²) in [6.07, 6.45) is 5.75. The maximum Gasteiger partial charge on any atom is 0.314 e. The van der Waals surface area contributed by atoms with Crippen LogP contribution < -0.4 is 15.5 Å². The highest BCUT2D eigenvalue weighted by atomic mass is 35.5. The predicted octanol–water partition coefficient (Wildman–Crippen LogP) is 3.70. The first-order valence-electron chi connectivity index (χ1n) is 10.1. The maximum absolute atomic E-state index is 11.4. The summed E-state index contributed by atoms with van der Waals surface area (Å²) in [6, 6.07) is 3.69. The highest BCUT2D eigenvalue weighted by molar-refractivity contribution is 6.44. The quantitative estimate of drug-likeness (QED) is 0.668. The van der Waals surface area contributed by atoms with Crippen molar-refractivity contribution in [3.63, 3.8) is 0 Å². The summed E-state index contributed by atoms with van der Waals surface area (Å²) in [4.78, 5) is 16.2. The topological polar surface area (TPSA) is 67.8 Å². The molecule has 156 valence electrons. The number of rotatable bonds is 5. The van der Waals surface area contributed by atoms with Crippen LogP contribution in [0.25, 0.3) is 0 Å². The second-order valence-corrected chi connectivity index (χ2v) is 8.55. The van der Waals surface area contributed by atoms with Crippen LogP contribution >= 0.6 is 23.2 Å². The van der Waals surface area contributed by atoms with Crippen molar-refractivity contribution in [2.75, 3.05) is 44.7 Å². The second kappa shape index (κ2) is 9.90. The first-order chi connectivity index (χ1) is 13.5. The molecule has 1 aliphatic carbocycles. The first-order valence-corrected chi connectivity index (χ1v) is 10.9. The zero-order valence-electron chi connectivity index (χ0n) is 16.4. The van der Waals surface area contributed by atoms with Crippen LogP contribution in [0.2, 0.25) is 10.0 Å². The van der Waals surface area contributed by atoms with E-state index in [2.05, 4.69) is 20.4 Å². The van der Waals surface area contributed by atoms with Crippen LogP contribution in [0.5, 0.6) is 5.75 Å². The van der Waals surface area contributed by atoms with Crippen LogP contribution in [0.3, 0.4) is 0 Å². The molecule has 6 nitrogen and oxygen atoms in total. The molecule has 0 bridgehead atoms. The average molecular weight is 429 g/mol. The van der Waals surface area contributed by atoms with Gasteiger partial charge in [-0.1, -0.05) is 23.2 Å². The van der Waals surface area contributed by atoms with Gasteiger partial charge in [0.2, 0.25) is 0 Å². The zero-order chi connectivity index (χ0) is 20.1. The monoisotopic (exact) mass is 428 g/mol. The van der Waals surface area contributed by atoms with Gasteiger partial charge in [-0.05, 0) is 56.7 Å². The number of hydrogen-bond donors (Lipinski definition) is 3. The molecular formula is C20H30Cl2N4O2. The molecule has 0 spiro atoms. The Labute approximate surface area is 177 Å². The van der Waals surface area contributed by atoms with E-state index in [0.717, 1.165) is 57.2 Å². The molecule has 3 N–H and O–H groups in total. The maximum atomic E-state index is 11.4. The smallest absolute Gasteiger partial charge is 0.314 e. The number of carbonyl (C=O) groups excluding carboxylic acids is 1. The third-order valence-corrected chi connectivity index (χ3v) is 6.88. The molecule has 0 unspecified atom stereocenters. The normalized spacial score (nSPS) is 23.5.